The number of nitrogens with zero attached hydrogens (tertiary/aromatic N) is 2. The number of hydrogen-bond acceptors (Lipinski definition) is 4. The predicted molar refractivity (Wildman–Crippen MR) is 91.1 cm³/mol. The van der Waals surface area contributed by atoms with Gasteiger partial charge in [0.15, 0.2) is 0 Å². The summed E-state index contributed by atoms with van der Waals surface area (Å²) < 4.78 is 12.9. The van der Waals surface area contributed by atoms with Crippen molar-refractivity contribution < 1.29 is 4.39 Å². The van der Waals surface area contributed by atoms with E-state index in [1.54, 1.807) is 12.1 Å². The fraction of sp³-hybridized carbons (Fsp3) is 0.167. The van der Waals surface area contributed by atoms with E-state index in [-0.39, 0.29) is 17.1 Å². The molecule has 3 rings (SSSR count). The summed E-state index contributed by atoms with van der Waals surface area (Å²) in [5.41, 5.74) is 3.76. The summed E-state index contributed by atoms with van der Waals surface area (Å²) in [5, 5.41) is 11.1. The first-order valence-corrected chi connectivity index (χ1v) is 7.56. The van der Waals surface area contributed by atoms with Crippen LogP contribution in [-0.2, 0) is 6.42 Å². The van der Waals surface area contributed by atoms with Crippen molar-refractivity contribution >= 4 is 11.6 Å². The Morgan fingerprint density at radius 3 is 2.33 bits per heavy atom. The molecule has 122 valence electrons. The van der Waals surface area contributed by atoms with Crippen molar-refractivity contribution in [3.8, 4) is 0 Å². The van der Waals surface area contributed by atoms with Gasteiger partial charge < -0.3 is 5.32 Å². The normalized spacial score (nSPS) is 10.6. The molecule has 0 aliphatic carbocycles. The van der Waals surface area contributed by atoms with E-state index in [4.69, 9.17) is 0 Å². The Morgan fingerprint density at radius 1 is 1.04 bits per heavy atom. The molecule has 0 aliphatic heterocycles. The van der Waals surface area contributed by atoms with Crippen molar-refractivity contribution in [2.24, 2.45) is 0 Å². The zero-order chi connectivity index (χ0) is 17.1. The molecule has 6 heteroatoms. The highest BCUT2D eigenvalue weighted by atomic mass is 19.1. The highest BCUT2D eigenvalue weighted by molar-refractivity contribution is 5.62. The van der Waals surface area contributed by atoms with Crippen molar-refractivity contribution in [2.75, 3.05) is 5.32 Å². The molecule has 0 unspecified atom stereocenters. The second kappa shape index (κ2) is 6.62. The molecule has 0 radical (unpaired) electrons. The van der Waals surface area contributed by atoms with Gasteiger partial charge in [-0.2, -0.15) is 0 Å². The molecule has 0 spiro atoms. The third kappa shape index (κ3) is 3.48. The van der Waals surface area contributed by atoms with Gasteiger partial charge in [0.25, 0.3) is 5.56 Å². The van der Waals surface area contributed by atoms with Crippen LogP contribution in [0.15, 0.2) is 47.3 Å². The van der Waals surface area contributed by atoms with Gasteiger partial charge in [-0.1, -0.05) is 30.3 Å². The lowest BCUT2D eigenvalue weighted by Gasteiger charge is -2.11. The van der Waals surface area contributed by atoms with E-state index in [1.807, 2.05) is 32.0 Å². The topological polar surface area (TPSA) is 70.7 Å². The van der Waals surface area contributed by atoms with Crippen LogP contribution in [0.3, 0.4) is 0 Å². The number of benzene rings is 2. The molecule has 3 aromatic rings. The number of H-pyrrole nitrogens is 1. The number of para-hydroxylation sites is 1. The molecule has 1 aromatic heterocycles. The SMILES string of the molecule is Cc1cccc(C)c1Nc1nnc(Cc2ccc(F)cc2)c(=O)[nH]1. The van der Waals surface area contributed by atoms with Crippen LogP contribution in [0.25, 0.3) is 0 Å². The predicted octanol–water partition coefficient (Wildman–Crippen LogP) is 3.26. The smallest absolute Gasteiger partial charge is 0.274 e. The Kier molecular flexibility index (Phi) is 4.37. The van der Waals surface area contributed by atoms with Crippen LogP contribution in [0.1, 0.15) is 22.4 Å². The minimum absolute atomic E-state index is 0.286. The molecule has 0 fully saturated rings. The zero-order valence-electron chi connectivity index (χ0n) is 13.4. The van der Waals surface area contributed by atoms with Crippen LogP contribution in [-0.4, -0.2) is 15.2 Å². The Bertz CT molecular complexity index is 899. The van der Waals surface area contributed by atoms with Crippen molar-refractivity contribution in [1.82, 2.24) is 15.2 Å². The molecular weight excluding hydrogens is 307 g/mol. The first kappa shape index (κ1) is 15.9. The van der Waals surface area contributed by atoms with Crippen LogP contribution < -0.4 is 10.9 Å². The van der Waals surface area contributed by atoms with E-state index in [0.717, 1.165) is 22.4 Å². The Labute approximate surface area is 138 Å². The molecule has 24 heavy (non-hydrogen) atoms. The van der Waals surface area contributed by atoms with Crippen molar-refractivity contribution in [3.05, 3.63) is 81.0 Å². The van der Waals surface area contributed by atoms with Crippen LogP contribution in [0.4, 0.5) is 16.0 Å². The van der Waals surface area contributed by atoms with Crippen LogP contribution >= 0.6 is 0 Å². The zero-order valence-corrected chi connectivity index (χ0v) is 13.4. The fourth-order valence-corrected chi connectivity index (χ4v) is 2.46. The standard InChI is InChI=1S/C18H17FN4O/c1-11-4-3-5-12(2)16(11)20-18-21-17(24)15(22-23-18)10-13-6-8-14(19)9-7-13/h3-9H,10H2,1-2H3,(H2,20,21,23,24). The van der Waals surface area contributed by atoms with Gasteiger partial charge in [-0.15, -0.1) is 10.2 Å². The lowest BCUT2D eigenvalue weighted by atomic mass is 10.1. The van der Waals surface area contributed by atoms with Crippen LogP contribution in [0.2, 0.25) is 0 Å². The van der Waals surface area contributed by atoms with Gasteiger partial charge in [-0.3, -0.25) is 9.78 Å². The monoisotopic (exact) mass is 324 g/mol. The molecule has 1 heterocycles. The van der Waals surface area contributed by atoms with Crippen molar-refractivity contribution in [3.63, 3.8) is 0 Å². The van der Waals surface area contributed by atoms with Gasteiger partial charge in [-0.05, 0) is 42.7 Å². The third-order valence-corrected chi connectivity index (χ3v) is 3.77. The molecule has 0 aliphatic rings. The molecule has 0 amide bonds. The number of rotatable bonds is 4. The number of aromatic nitrogens is 3. The maximum absolute atomic E-state index is 12.9. The number of anilines is 2. The van der Waals surface area contributed by atoms with Crippen molar-refractivity contribution in [2.45, 2.75) is 20.3 Å². The van der Waals surface area contributed by atoms with Gasteiger partial charge in [0.1, 0.15) is 11.5 Å². The number of aromatic amines is 1. The van der Waals surface area contributed by atoms with Gasteiger partial charge in [0.2, 0.25) is 5.95 Å². The Balaban J connectivity index is 1.82. The summed E-state index contributed by atoms with van der Waals surface area (Å²) in [6.07, 6.45) is 0.298. The first-order valence-electron chi connectivity index (χ1n) is 7.56. The molecule has 2 aromatic carbocycles. The Hall–Kier alpha value is -3.02. The largest absolute Gasteiger partial charge is 0.324 e. The molecule has 0 saturated carbocycles. The quantitative estimate of drug-likeness (QED) is 0.773. The average Bonchev–Trinajstić information content (AvgIpc) is 2.55. The fourth-order valence-electron chi connectivity index (χ4n) is 2.46. The summed E-state index contributed by atoms with van der Waals surface area (Å²) in [7, 11) is 0. The summed E-state index contributed by atoms with van der Waals surface area (Å²) in [4.78, 5) is 14.9. The molecular formula is C18H17FN4O. The summed E-state index contributed by atoms with van der Waals surface area (Å²) in [6.45, 7) is 3.95. The maximum atomic E-state index is 12.9. The number of halogens is 1. The second-order valence-corrected chi connectivity index (χ2v) is 5.64. The average molecular weight is 324 g/mol. The minimum atomic E-state index is -0.317. The van der Waals surface area contributed by atoms with E-state index >= 15 is 0 Å². The highest BCUT2D eigenvalue weighted by Crippen LogP contribution is 2.21. The molecule has 0 bridgehead atoms. The van der Waals surface area contributed by atoms with E-state index in [0.29, 0.717) is 12.4 Å². The molecule has 0 atom stereocenters. The van der Waals surface area contributed by atoms with Gasteiger partial charge in [-0.25, -0.2) is 4.39 Å². The van der Waals surface area contributed by atoms with E-state index in [1.165, 1.54) is 12.1 Å². The van der Waals surface area contributed by atoms with Crippen molar-refractivity contribution in [1.29, 1.82) is 0 Å². The van der Waals surface area contributed by atoms with E-state index in [9.17, 15) is 9.18 Å². The number of aryl methyl sites for hydroxylation is 2. The molecule has 0 saturated heterocycles. The highest BCUT2D eigenvalue weighted by Gasteiger charge is 2.08. The maximum Gasteiger partial charge on any atom is 0.274 e. The van der Waals surface area contributed by atoms with Gasteiger partial charge in [0.05, 0.1) is 0 Å². The van der Waals surface area contributed by atoms with Crippen LogP contribution in [0.5, 0.6) is 0 Å². The number of hydrogen-bond donors (Lipinski definition) is 2. The third-order valence-electron chi connectivity index (χ3n) is 3.77. The summed E-state index contributed by atoms with van der Waals surface area (Å²) >= 11 is 0. The lowest BCUT2D eigenvalue weighted by molar-refractivity contribution is 0.627. The first-order chi connectivity index (χ1) is 11.5. The number of nitrogens with one attached hydrogen (secondary N) is 2. The van der Waals surface area contributed by atoms with Crippen LogP contribution in [0, 0.1) is 19.7 Å². The summed E-state index contributed by atoms with van der Waals surface area (Å²) in [5.74, 6) is -0.0212. The molecule has 2 N–H and O–H groups in total. The molecule has 5 nitrogen and oxygen atoms in total. The minimum Gasteiger partial charge on any atom is -0.324 e. The van der Waals surface area contributed by atoms with E-state index in [2.05, 4.69) is 20.5 Å². The summed E-state index contributed by atoms with van der Waals surface area (Å²) in [6, 6.07) is 11.9. The van der Waals surface area contributed by atoms with Gasteiger partial charge >= 0.3 is 0 Å². The van der Waals surface area contributed by atoms with E-state index < -0.39 is 0 Å². The lowest BCUT2D eigenvalue weighted by Crippen LogP contribution is -2.19. The van der Waals surface area contributed by atoms with Gasteiger partial charge in [0, 0.05) is 12.1 Å². The second-order valence-electron chi connectivity index (χ2n) is 5.64. The Morgan fingerprint density at radius 2 is 1.71 bits per heavy atom.